The molecule has 14 heavy (non-hydrogen) atoms. The van der Waals surface area contributed by atoms with E-state index in [1.54, 1.807) is 6.07 Å². The number of esters is 1. The molecule has 0 fully saturated rings. The fourth-order valence-corrected chi connectivity index (χ4v) is 1.16. The zero-order chi connectivity index (χ0) is 10.8. The van der Waals surface area contributed by atoms with Crippen LogP contribution >= 0.6 is 0 Å². The Labute approximate surface area is 82.1 Å². The van der Waals surface area contributed by atoms with Crippen molar-refractivity contribution in [2.45, 2.75) is 12.5 Å². The Hall–Kier alpha value is -1.62. The van der Waals surface area contributed by atoms with E-state index in [0.29, 0.717) is 11.3 Å². The van der Waals surface area contributed by atoms with Crippen molar-refractivity contribution in [2.75, 3.05) is 12.8 Å². The van der Waals surface area contributed by atoms with Crippen LogP contribution in [0.1, 0.15) is 12.5 Å². The van der Waals surface area contributed by atoms with Gasteiger partial charge in [-0.1, -0.05) is 0 Å². The summed E-state index contributed by atoms with van der Waals surface area (Å²) in [7, 11) is 1.28. The highest BCUT2D eigenvalue weighted by Gasteiger charge is 2.33. The molecule has 1 aromatic rings. The average Bonchev–Trinajstić information content (AvgIpc) is 2.17. The third kappa shape index (κ3) is 1.67. The lowest BCUT2D eigenvalue weighted by atomic mass is 9.93. The number of carbonyl (C=O) groups is 1. The zero-order valence-electron chi connectivity index (χ0n) is 8.15. The number of ether oxygens (including phenoxy) is 1. The van der Waals surface area contributed by atoms with Gasteiger partial charge in [0.1, 0.15) is 5.54 Å². The van der Waals surface area contributed by atoms with Crippen LogP contribution in [0.5, 0.6) is 0 Å². The van der Waals surface area contributed by atoms with E-state index in [9.17, 15) is 4.79 Å². The van der Waals surface area contributed by atoms with E-state index in [2.05, 4.69) is 9.72 Å². The summed E-state index contributed by atoms with van der Waals surface area (Å²) in [5.41, 5.74) is 11.1. The third-order valence-corrected chi connectivity index (χ3v) is 2.02. The first-order valence-corrected chi connectivity index (χ1v) is 4.07. The van der Waals surface area contributed by atoms with Gasteiger partial charge in [-0.3, -0.25) is 4.98 Å². The topological polar surface area (TPSA) is 91.2 Å². The zero-order valence-corrected chi connectivity index (χ0v) is 8.15. The van der Waals surface area contributed by atoms with E-state index < -0.39 is 11.5 Å². The summed E-state index contributed by atoms with van der Waals surface area (Å²) in [6.07, 6.45) is 3.00. The molecule has 0 saturated carbocycles. The second-order valence-corrected chi connectivity index (χ2v) is 3.16. The molecule has 1 heterocycles. The van der Waals surface area contributed by atoms with Crippen molar-refractivity contribution in [3.8, 4) is 0 Å². The summed E-state index contributed by atoms with van der Waals surface area (Å²) in [6, 6.07) is 1.59. The Morgan fingerprint density at radius 2 is 2.29 bits per heavy atom. The first-order chi connectivity index (χ1) is 6.50. The van der Waals surface area contributed by atoms with E-state index in [1.807, 2.05) is 0 Å². The van der Waals surface area contributed by atoms with Gasteiger partial charge in [0.2, 0.25) is 0 Å². The summed E-state index contributed by atoms with van der Waals surface area (Å²) in [6.45, 7) is 1.53. The fraction of sp³-hybridized carbons (Fsp3) is 0.333. The van der Waals surface area contributed by atoms with Gasteiger partial charge in [0, 0.05) is 23.6 Å². The number of nitrogens with two attached hydrogens (primary N) is 2. The van der Waals surface area contributed by atoms with Gasteiger partial charge in [-0.25, -0.2) is 4.79 Å². The standard InChI is InChI=1S/C9H13N3O2/c1-9(11,8(13)14-2)6-5-12-4-3-7(6)10/h3-5H,11H2,1-2H3,(H2,10,12)/t9-/m0/s1. The number of anilines is 1. The summed E-state index contributed by atoms with van der Waals surface area (Å²) in [5.74, 6) is -0.544. The van der Waals surface area contributed by atoms with Crippen molar-refractivity contribution in [3.05, 3.63) is 24.0 Å². The van der Waals surface area contributed by atoms with Gasteiger partial charge in [0.15, 0.2) is 0 Å². The van der Waals surface area contributed by atoms with Gasteiger partial charge in [0.05, 0.1) is 7.11 Å². The number of nitrogen functional groups attached to an aromatic ring is 1. The monoisotopic (exact) mass is 195 g/mol. The van der Waals surface area contributed by atoms with Crippen LogP contribution in [-0.2, 0) is 15.1 Å². The predicted octanol–water partition coefficient (Wildman–Crippen LogP) is 0.0107. The molecule has 5 heteroatoms. The molecule has 0 radical (unpaired) electrons. The van der Waals surface area contributed by atoms with E-state index in [0.717, 1.165) is 0 Å². The van der Waals surface area contributed by atoms with Crippen molar-refractivity contribution in [3.63, 3.8) is 0 Å². The van der Waals surface area contributed by atoms with Crippen LogP contribution in [0.25, 0.3) is 0 Å². The van der Waals surface area contributed by atoms with Crippen LogP contribution < -0.4 is 11.5 Å². The molecule has 0 bridgehead atoms. The first kappa shape index (κ1) is 10.5. The normalized spacial score (nSPS) is 14.5. The molecule has 4 N–H and O–H groups in total. The van der Waals surface area contributed by atoms with Gasteiger partial charge < -0.3 is 16.2 Å². The van der Waals surface area contributed by atoms with Crippen molar-refractivity contribution in [1.29, 1.82) is 0 Å². The maximum Gasteiger partial charge on any atom is 0.330 e. The second kappa shape index (κ2) is 3.63. The number of aromatic nitrogens is 1. The van der Waals surface area contributed by atoms with Crippen LogP contribution in [0.3, 0.4) is 0 Å². The van der Waals surface area contributed by atoms with Gasteiger partial charge in [-0.15, -0.1) is 0 Å². The molecular weight excluding hydrogens is 182 g/mol. The number of pyridine rings is 1. The number of hydrogen-bond donors (Lipinski definition) is 2. The second-order valence-electron chi connectivity index (χ2n) is 3.16. The van der Waals surface area contributed by atoms with Gasteiger partial charge in [-0.2, -0.15) is 0 Å². The van der Waals surface area contributed by atoms with Crippen molar-refractivity contribution >= 4 is 11.7 Å². The Bertz CT molecular complexity index is 350. The molecule has 0 saturated heterocycles. The number of hydrogen-bond acceptors (Lipinski definition) is 5. The Morgan fingerprint density at radius 1 is 1.64 bits per heavy atom. The highest BCUT2D eigenvalue weighted by molar-refractivity contribution is 5.83. The highest BCUT2D eigenvalue weighted by Crippen LogP contribution is 2.23. The van der Waals surface area contributed by atoms with E-state index in [4.69, 9.17) is 11.5 Å². The molecule has 0 amide bonds. The maximum absolute atomic E-state index is 11.4. The third-order valence-electron chi connectivity index (χ3n) is 2.02. The van der Waals surface area contributed by atoms with Crippen LogP contribution in [0.15, 0.2) is 18.5 Å². The Kier molecular flexibility index (Phi) is 2.71. The van der Waals surface area contributed by atoms with E-state index >= 15 is 0 Å². The molecule has 1 atom stereocenters. The molecule has 0 aliphatic carbocycles. The molecule has 0 aromatic carbocycles. The largest absolute Gasteiger partial charge is 0.467 e. The average molecular weight is 195 g/mol. The summed E-state index contributed by atoms with van der Waals surface area (Å²) >= 11 is 0. The number of nitrogens with zero attached hydrogens (tertiary/aromatic N) is 1. The van der Waals surface area contributed by atoms with Gasteiger partial charge >= 0.3 is 5.97 Å². The van der Waals surface area contributed by atoms with E-state index in [-0.39, 0.29) is 0 Å². The maximum atomic E-state index is 11.4. The summed E-state index contributed by atoms with van der Waals surface area (Å²) < 4.78 is 4.58. The van der Waals surface area contributed by atoms with Crippen molar-refractivity contribution in [1.82, 2.24) is 4.98 Å². The van der Waals surface area contributed by atoms with Gasteiger partial charge in [-0.05, 0) is 13.0 Å². The summed E-state index contributed by atoms with van der Waals surface area (Å²) in [4.78, 5) is 15.2. The minimum absolute atomic E-state index is 0.426. The van der Waals surface area contributed by atoms with Crippen LogP contribution in [0.2, 0.25) is 0 Å². The summed E-state index contributed by atoms with van der Waals surface area (Å²) in [5, 5.41) is 0. The Balaban J connectivity index is 3.16. The molecule has 0 aliphatic rings. The minimum Gasteiger partial charge on any atom is -0.467 e. The number of carbonyl (C=O) groups excluding carboxylic acids is 1. The molecular formula is C9H13N3O2. The van der Waals surface area contributed by atoms with Crippen molar-refractivity contribution < 1.29 is 9.53 Å². The van der Waals surface area contributed by atoms with Crippen molar-refractivity contribution in [2.24, 2.45) is 5.73 Å². The smallest absolute Gasteiger partial charge is 0.330 e. The predicted molar refractivity (Wildman–Crippen MR) is 52.2 cm³/mol. The lowest BCUT2D eigenvalue weighted by Gasteiger charge is -2.22. The first-order valence-electron chi connectivity index (χ1n) is 4.07. The van der Waals surface area contributed by atoms with Crippen LogP contribution in [0, 0.1) is 0 Å². The molecule has 5 nitrogen and oxygen atoms in total. The number of methoxy groups -OCH3 is 1. The molecule has 76 valence electrons. The molecule has 1 rings (SSSR count). The number of rotatable bonds is 2. The van der Waals surface area contributed by atoms with Crippen LogP contribution in [-0.4, -0.2) is 18.1 Å². The molecule has 0 unspecified atom stereocenters. The molecule has 0 spiro atoms. The minimum atomic E-state index is -1.26. The lowest BCUT2D eigenvalue weighted by Crippen LogP contribution is -2.43. The molecule has 0 aliphatic heterocycles. The highest BCUT2D eigenvalue weighted by atomic mass is 16.5. The van der Waals surface area contributed by atoms with Crippen LogP contribution in [0.4, 0.5) is 5.69 Å². The lowest BCUT2D eigenvalue weighted by molar-refractivity contribution is -0.146. The molecule has 1 aromatic heterocycles. The fourth-order valence-electron chi connectivity index (χ4n) is 1.16. The quantitative estimate of drug-likeness (QED) is 0.648. The van der Waals surface area contributed by atoms with Gasteiger partial charge in [0.25, 0.3) is 0 Å². The van der Waals surface area contributed by atoms with E-state index in [1.165, 1.54) is 26.4 Å². The SMILES string of the molecule is COC(=O)[C@@](C)(N)c1cnccc1N. The Morgan fingerprint density at radius 3 is 2.79 bits per heavy atom.